The van der Waals surface area contributed by atoms with E-state index in [9.17, 15) is 4.79 Å². The van der Waals surface area contributed by atoms with E-state index in [1.54, 1.807) is 21.3 Å². The summed E-state index contributed by atoms with van der Waals surface area (Å²) in [4.78, 5) is 11.2. The first-order chi connectivity index (χ1) is 10.2. The van der Waals surface area contributed by atoms with Crippen LogP contribution in [0.4, 0.5) is 0 Å². The van der Waals surface area contributed by atoms with Gasteiger partial charge in [-0.2, -0.15) is 0 Å². The molecule has 0 saturated carbocycles. The van der Waals surface area contributed by atoms with Gasteiger partial charge in [0.05, 0.1) is 21.3 Å². The van der Waals surface area contributed by atoms with Crippen LogP contribution in [0, 0.1) is 0 Å². The van der Waals surface area contributed by atoms with Crippen LogP contribution in [0.2, 0.25) is 0 Å². The van der Waals surface area contributed by atoms with Gasteiger partial charge in [-0.05, 0) is 12.5 Å². The number of nitrogens with one attached hydrogen (secondary N) is 2. The van der Waals surface area contributed by atoms with Crippen LogP contribution >= 0.6 is 0 Å². The standard InChI is InChI=1S/C15H22N2O4/c1-19-12-7-14(21-3)13(20-2)6-10(12)8-16-9-11-4-5-15(18)17-11/h6-7,11,16H,4-5,8-9H2,1-3H3,(H,17,18). The topological polar surface area (TPSA) is 68.8 Å². The van der Waals surface area contributed by atoms with Gasteiger partial charge in [0.25, 0.3) is 0 Å². The smallest absolute Gasteiger partial charge is 0.220 e. The SMILES string of the molecule is COc1cc(OC)c(OC)cc1CNCC1CCC(=O)N1. The molecule has 21 heavy (non-hydrogen) atoms. The Labute approximate surface area is 124 Å². The molecular formula is C15H22N2O4. The normalized spacial score (nSPS) is 17.5. The second-order valence-electron chi connectivity index (χ2n) is 4.95. The Morgan fingerprint density at radius 2 is 1.81 bits per heavy atom. The molecule has 1 atom stereocenters. The third kappa shape index (κ3) is 3.78. The summed E-state index contributed by atoms with van der Waals surface area (Å²) in [5, 5.41) is 6.27. The summed E-state index contributed by atoms with van der Waals surface area (Å²) in [7, 11) is 4.83. The third-order valence-corrected chi connectivity index (χ3v) is 3.58. The molecule has 1 unspecified atom stereocenters. The zero-order valence-corrected chi connectivity index (χ0v) is 12.7. The largest absolute Gasteiger partial charge is 0.496 e. The summed E-state index contributed by atoms with van der Waals surface area (Å²) in [6.07, 6.45) is 1.50. The average Bonchev–Trinajstić information content (AvgIpc) is 2.92. The van der Waals surface area contributed by atoms with Crippen LogP contribution < -0.4 is 24.8 Å². The first-order valence-corrected chi connectivity index (χ1v) is 6.97. The number of carbonyl (C=O) groups excluding carboxylic acids is 1. The summed E-state index contributed by atoms with van der Waals surface area (Å²) < 4.78 is 15.9. The van der Waals surface area contributed by atoms with E-state index < -0.39 is 0 Å². The first-order valence-electron chi connectivity index (χ1n) is 6.97. The number of ether oxygens (including phenoxy) is 3. The predicted octanol–water partition coefficient (Wildman–Crippen LogP) is 1.08. The fraction of sp³-hybridized carbons (Fsp3) is 0.533. The van der Waals surface area contributed by atoms with E-state index in [4.69, 9.17) is 14.2 Å². The molecule has 1 heterocycles. The average molecular weight is 294 g/mol. The van der Waals surface area contributed by atoms with Gasteiger partial charge < -0.3 is 24.8 Å². The summed E-state index contributed by atoms with van der Waals surface area (Å²) in [6.45, 7) is 1.37. The van der Waals surface area contributed by atoms with Crippen molar-refractivity contribution < 1.29 is 19.0 Å². The van der Waals surface area contributed by atoms with Crippen molar-refractivity contribution >= 4 is 5.91 Å². The number of methoxy groups -OCH3 is 3. The Hall–Kier alpha value is -1.95. The number of amides is 1. The molecule has 0 aromatic heterocycles. The molecule has 1 fully saturated rings. The lowest BCUT2D eigenvalue weighted by Crippen LogP contribution is -2.35. The Kier molecular flexibility index (Phi) is 5.27. The molecule has 1 saturated heterocycles. The summed E-state index contributed by atoms with van der Waals surface area (Å²) in [5.41, 5.74) is 0.986. The molecule has 0 spiro atoms. The van der Waals surface area contributed by atoms with E-state index in [0.29, 0.717) is 24.5 Å². The lowest BCUT2D eigenvalue weighted by Gasteiger charge is -2.16. The van der Waals surface area contributed by atoms with Crippen molar-refractivity contribution in [2.45, 2.75) is 25.4 Å². The van der Waals surface area contributed by atoms with Crippen molar-refractivity contribution in [1.82, 2.24) is 10.6 Å². The van der Waals surface area contributed by atoms with Crippen LogP contribution in [0.5, 0.6) is 17.2 Å². The van der Waals surface area contributed by atoms with Gasteiger partial charge in [0, 0.05) is 37.2 Å². The first kappa shape index (κ1) is 15.4. The van der Waals surface area contributed by atoms with Gasteiger partial charge >= 0.3 is 0 Å². The highest BCUT2D eigenvalue weighted by atomic mass is 16.5. The molecule has 116 valence electrons. The molecule has 1 amide bonds. The summed E-state index contributed by atoms with van der Waals surface area (Å²) >= 11 is 0. The van der Waals surface area contributed by atoms with Crippen LogP contribution in [-0.4, -0.2) is 39.8 Å². The molecule has 1 aliphatic rings. The maximum atomic E-state index is 11.2. The van der Waals surface area contributed by atoms with Gasteiger partial charge in [-0.15, -0.1) is 0 Å². The Morgan fingerprint density at radius 3 is 2.38 bits per heavy atom. The number of benzene rings is 1. The minimum atomic E-state index is 0.130. The minimum absolute atomic E-state index is 0.130. The number of hydrogen-bond acceptors (Lipinski definition) is 5. The fourth-order valence-corrected chi connectivity index (χ4v) is 2.44. The van der Waals surface area contributed by atoms with Crippen molar-refractivity contribution in [2.24, 2.45) is 0 Å². The van der Waals surface area contributed by atoms with E-state index >= 15 is 0 Å². The molecule has 6 nitrogen and oxygen atoms in total. The van der Waals surface area contributed by atoms with Crippen LogP contribution in [0.15, 0.2) is 12.1 Å². The zero-order chi connectivity index (χ0) is 15.2. The molecule has 0 radical (unpaired) electrons. The summed E-state index contributed by atoms with van der Waals surface area (Å²) in [6, 6.07) is 3.93. The summed E-state index contributed by atoms with van der Waals surface area (Å²) in [5.74, 6) is 2.19. The Bertz CT molecular complexity index is 505. The van der Waals surface area contributed by atoms with Crippen molar-refractivity contribution in [3.63, 3.8) is 0 Å². The van der Waals surface area contributed by atoms with E-state index in [2.05, 4.69) is 10.6 Å². The fourth-order valence-electron chi connectivity index (χ4n) is 2.44. The molecule has 2 rings (SSSR count). The Morgan fingerprint density at radius 1 is 1.14 bits per heavy atom. The lowest BCUT2D eigenvalue weighted by atomic mass is 10.1. The van der Waals surface area contributed by atoms with Crippen molar-refractivity contribution in [3.8, 4) is 17.2 Å². The van der Waals surface area contributed by atoms with E-state index in [0.717, 1.165) is 24.3 Å². The molecular weight excluding hydrogens is 272 g/mol. The van der Waals surface area contributed by atoms with E-state index in [1.807, 2.05) is 12.1 Å². The van der Waals surface area contributed by atoms with Gasteiger partial charge in [0.2, 0.25) is 5.91 Å². The molecule has 0 bridgehead atoms. The Balaban J connectivity index is 1.99. The van der Waals surface area contributed by atoms with Crippen LogP contribution in [0.1, 0.15) is 18.4 Å². The molecule has 0 aliphatic carbocycles. The van der Waals surface area contributed by atoms with Crippen LogP contribution in [-0.2, 0) is 11.3 Å². The van der Waals surface area contributed by atoms with E-state index in [1.165, 1.54) is 0 Å². The predicted molar refractivity (Wildman–Crippen MR) is 79.0 cm³/mol. The van der Waals surface area contributed by atoms with E-state index in [-0.39, 0.29) is 11.9 Å². The molecule has 1 aromatic carbocycles. The van der Waals surface area contributed by atoms with Crippen LogP contribution in [0.25, 0.3) is 0 Å². The molecule has 2 N–H and O–H groups in total. The lowest BCUT2D eigenvalue weighted by molar-refractivity contribution is -0.119. The zero-order valence-electron chi connectivity index (χ0n) is 12.7. The highest BCUT2D eigenvalue weighted by molar-refractivity contribution is 5.78. The van der Waals surface area contributed by atoms with Gasteiger partial charge in [-0.25, -0.2) is 0 Å². The van der Waals surface area contributed by atoms with Gasteiger partial charge in [0.15, 0.2) is 11.5 Å². The van der Waals surface area contributed by atoms with Gasteiger partial charge in [0.1, 0.15) is 5.75 Å². The number of carbonyl (C=O) groups is 1. The number of hydrogen-bond donors (Lipinski definition) is 2. The monoisotopic (exact) mass is 294 g/mol. The van der Waals surface area contributed by atoms with Crippen molar-refractivity contribution in [2.75, 3.05) is 27.9 Å². The molecule has 1 aliphatic heterocycles. The van der Waals surface area contributed by atoms with Crippen LogP contribution in [0.3, 0.4) is 0 Å². The highest BCUT2D eigenvalue weighted by Gasteiger charge is 2.20. The van der Waals surface area contributed by atoms with Crippen molar-refractivity contribution in [1.29, 1.82) is 0 Å². The second kappa shape index (κ2) is 7.17. The second-order valence-corrected chi connectivity index (χ2v) is 4.95. The van der Waals surface area contributed by atoms with Gasteiger partial charge in [-0.1, -0.05) is 0 Å². The maximum absolute atomic E-state index is 11.2. The van der Waals surface area contributed by atoms with Gasteiger partial charge in [-0.3, -0.25) is 4.79 Å². The highest BCUT2D eigenvalue weighted by Crippen LogP contribution is 2.34. The molecule has 6 heteroatoms. The third-order valence-electron chi connectivity index (χ3n) is 3.58. The quantitative estimate of drug-likeness (QED) is 0.787. The molecule has 1 aromatic rings. The van der Waals surface area contributed by atoms with Crippen molar-refractivity contribution in [3.05, 3.63) is 17.7 Å². The number of rotatable bonds is 7. The minimum Gasteiger partial charge on any atom is -0.496 e. The maximum Gasteiger partial charge on any atom is 0.220 e.